The second-order valence-electron chi connectivity index (χ2n) is 5.19. The molecule has 2 unspecified atom stereocenters. The van der Waals surface area contributed by atoms with Crippen molar-refractivity contribution in [2.24, 2.45) is 10.4 Å². The number of esters is 1. The average Bonchev–Trinajstić information content (AvgIpc) is 2.52. The largest absolute Gasteiger partial charge is 0.468 e. The van der Waals surface area contributed by atoms with Crippen molar-refractivity contribution >= 4 is 40.9 Å². The molecular weight excluding hydrogens is 341 g/mol. The van der Waals surface area contributed by atoms with Gasteiger partial charge < -0.3 is 10.1 Å². The molecule has 0 fully saturated rings. The number of rotatable bonds is 4. The highest BCUT2D eigenvalue weighted by Gasteiger charge is 2.54. The second-order valence-corrected chi connectivity index (χ2v) is 5.96. The van der Waals surface area contributed by atoms with Crippen LogP contribution in [-0.4, -0.2) is 35.8 Å². The van der Waals surface area contributed by atoms with Crippen LogP contribution < -0.4 is 5.32 Å². The van der Waals surface area contributed by atoms with Crippen LogP contribution in [0.5, 0.6) is 0 Å². The van der Waals surface area contributed by atoms with Gasteiger partial charge in [-0.15, -0.1) is 0 Å². The average molecular weight is 358 g/mol. The highest BCUT2D eigenvalue weighted by atomic mass is 35.5. The van der Waals surface area contributed by atoms with Gasteiger partial charge in [-0.2, -0.15) is 4.99 Å². The molecule has 0 saturated heterocycles. The third kappa shape index (κ3) is 3.05. The molecule has 0 aromatic carbocycles. The second kappa shape index (κ2) is 6.84. The Balaban J connectivity index is 2.52. The van der Waals surface area contributed by atoms with Crippen molar-refractivity contribution in [2.45, 2.75) is 32.7 Å². The summed E-state index contributed by atoms with van der Waals surface area (Å²) >= 11 is 11.8. The number of aliphatic imine (C=N–C) groups is 1. The molecule has 124 valence electrons. The Morgan fingerprint density at radius 3 is 2.43 bits per heavy atom. The van der Waals surface area contributed by atoms with Crippen LogP contribution >= 0.6 is 23.2 Å². The Hall–Kier alpha value is -1.66. The summed E-state index contributed by atoms with van der Waals surface area (Å²) in [5.74, 6) is -0.796. The Kier molecular flexibility index (Phi) is 5.26. The smallest absolute Gasteiger partial charge is 0.323 e. The van der Waals surface area contributed by atoms with Crippen LogP contribution in [0.1, 0.15) is 32.3 Å². The monoisotopic (exact) mass is 357 g/mol. The molecule has 0 radical (unpaired) electrons. The number of hydrogen-bond acceptors (Lipinski definition) is 5. The summed E-state index contributed by atoms with van der Waals surface area (Å²) in [5, 5.41) is 3.53. The summed E-state index contributed by atoms with van der Waals surface area (Å²) in [6, 6.07) is 2.66. The van der Waals surface area contributed by atoms with Gasteiger partial charge in [-0.3, -0.25) is 9.59 Å². The fraction of sp³-hybridized carbons (Fsp3) is 0.467. The minimum absolute atomic E-state index is 0.192. The van der Waals surface area contributed by atoms with Crippen molar-refractivity contribution in [1.82, 2.24) is 10.3 Å². The highest BCUT2D eigenvalue weighted by molar-refractivity contribution is 6.33. The minimum atomic E-state index is -1.33. The Bertz CT molecular complexity index is 658. The molecule has 1 aliphatic rings. The topological polar surface area (TPSA) is 80.7 Å². The van der Waals surface area contributed by atoms with Crippen molar-refractivity contribution in [2.75, 3.05) is 7.11 Å². The van der Waals surface area contributed by atoms with Crippen molar-refractivity contribution in [3.8, 4) is 0 Å². The van der Waals surface area contributed by atoms with Gasteiger partial charge in [0.25, 0.3) is 5.91 Å². The molecule has 2 atom stereocenters. The zero-order chi connectivity index (χ0) is 17.2. The van der Waals surface area contributed by atoms with E-state index in [0.717, 1.165) is 0 Å². The van der Waals surface area contributed by atoms with Gasteiger partial charge >= 0.3 is 5.97 Å². The van der Waals surface area contributed by atoms with Crippen molar-refractivity contribution in [3.63, 3.8) is 0 Å². The van der Waals surface area contributed by atoms with E-state index in [1.807, 2.05) is 6.92 Å². The first-order valence-corrected chi connectivity index (χ1v) is 7.96. The van der Waals surface area contributed by atoms with Crippen LogP contribution in [0.15, 0.2) is 17.1 Å². The molecule has 6 nitrogen and oxygen atoms in total. The number of pyridine rings is 1. The van der Waals surface area contributed by atoms with Crippen LogP contribution in [0.2, 0.25) is 10.3 Å². The highest BCUT2D eigenvalue weighted by Crippen LogP contribution is 2.35. The quantitative estimate of drug-likeness (QED) is 0.508. The summed E-state index contributed by atoms with van der Waals surface area (Å²) in [6.07, 6.45) is 0.832. The molecule has 1 aliphatic heterocycles. The fourth-order valence-electron chi connectivity index (χ4n) is 2.82. The fourth-order valence-corrected chi connectivity index (χ4v) is 3.28. The van der Waals surface area contributed by atoms with Crippen LogP contribution in [0, 0.1) is 5.41 Å². The number of ether oxygens (including phenoxy) is 1. The van der Waals surface area contributed by atoms with Gasteiger partial charge in [0.1, 0.15) is 16.1 Å². The number of carbonyl (C=O) groups is 2. The number of halogens is 2. The number of hydrogen-bond donors (Lipinski definition) is 1. The van der Waals surface area contributed by atoms with Crippen LogP contribution in [0.3, 0.4) is 0 Å². The molecular formula is C15H17Cl2N3O3. The van der Waals surface area contributed by atoms with E-state index in [1.165, 1.54) is 7.11 Å². The molecule has 0 saturated carbocycles. The number of amides is 1. The van der Waals surface area contributed by atoms with Gasteiger partial charge in [0.2, 0.25) is 0 Å². The SMILES string of the molecule is CCC1NC(c2cc(Cl)nc(Cl)c2)=NC(=O)C1(CC)C(=O)OC. The summed E-state index contributed by atoms with van der Waals surface area (Å²) < 4.78 is 4.84. The lowest BCUT2D eigenvalue weighted by atomic mass is 9.74. The van der Waals surface area contributed by atoms with E-state index in [2.05, 4.69) is 15.3 Å². The molecule has 23 heavy (non-hydrogen) atoms. The number of methoxy groups -OCH3 is 1. The zero-order valence-corrected chi connectivity index (χ0v) is 14.5. The van der Waals surface area contributed by atoms with Crippen LogP contribution in [0.25, 0.3) is 0 Å². The molecule has 0 bridgehead atoms. The minimum Gasteiger partial charge on any atom is -0.468 e. The zero-order valence-electron chi connectivity index (χ0n) is 13.0. The Morgan fingerprint density at radius 1 is 1.35 bits per heavy atom. The van der Waals surface area contributed by atoms with Gasteiger partial charge in [0.05, 0.1) is 13.2 Å². The lowest BCUT2D eigenvalue weighted by Gasteiger charge is -2.38. The van der Waals surface area contributed by atoms with Gasteiger partial charge in [-0.1, -0.05) is 37.0 Å². The van der Waals surface area contributed by atoms with Crippen molar-refractivity contribution in [1.29, 1.82) is 0 Å². The number of aromatic nitrogens is 1. The van der Waals surface area contributed by atoms with Crippen molar-refractivity contribution in [3.05, 3.63) is 28.0 Å². The van der Waals surface area contributed by atoms with E-state index in [4.69, 9.17) is 27.9 Å². The molecule has 1 amide bonds. The first-order chi connectivity index (χ1) is 10.9. The van der Waals surface area contributed by atoms with E-state index in [0.29, 0.717) is 24.2 Å². The van der Waals surface area contributed by atoms with E-state index >= 15 is 0 Å². The molecule has 0 aliphatic carbocycles. The molecule has 1 N–H and O–H groups in total. The number of nitrogens with zero attached hydrogens (tertiary/aromatic N) is 2. The Morgan fingerprint density at radius 2 is 1.96 bits per heavy atom. The van der Waals surface area contributed by atoms with E-state index in [1.54, 1.807) is 19.1 Å². The number of nitrogens with one attached hydrogen (secondary N) is 1. The molecule has 1 aromatic heterocycles. The molecule has 1 aromatic rings. The van der Waals surface area contributed by atoms with Crippen molar-refractivity contribution < 1.29 is 14.3 Å². The third-order valence-corrected chi connectivity index (χ3v) is 4.44. The predicted molar refractivity (Wildman–Crippen MR) is 87.8 cm³/mol. The predicted octanol–water partition coefficient (Wildman–Crippen LogP) is 2.61. The van der Waals surface area contributed by atoms with Crippen LogP contribution in [0.4, 0.5) is 0 Å². The molecule has 8 heteroatoms. The lowest BCUT2D eigenvalue weighted by molar-refractivity contribution is -0.160. The van der Waals surface area contributed by atoms with E-state index < -0.39 is 23.3 Å². The third-order valence-electron chi connectivity index (χ3n) is 4.05. The Labute approximate surface area is 144 Å². The number of carbonyl (C=O) groups excluding carboxylic acids is 2. The van der Waals surface area contributed by atoms with Gasteiger partial charge in [0, 0.05) is 5.56 Å². The van der Waals surface area contributed by atoms with Crippen LogP contribution in [-0.2, 0) is 14.3 Å². The molecule has 2 heterocycles. The first kappa shape index (κ1) is 17.7. The summed E-state index contributed by atoms with van der Waals surface area (Å²) in [4.78, 5) is 32.8. The first-order valence-electron chi connectivity index (χ1n) is 7.20. The maximum Gasteiger partial charge on any atom is 0.323 e. The number of amidine groups is 1. The van der Waals surface area contributed by atoms with E-state index in [9.17, 15) is 9.59 Å². The maximum atomic E-state index is 12.7. The maximum absolute atomic E-state index is 12.7. The molecule has 2 rings (SSSR count). The normalized spacial score (nSPS) is 24.0. The molecule has 0 spiro atoms. The van der Waals surface area contributed by atoms with Gasteiger partial charge in [-0.05, 0) is 25.0 Å². The summed E-state index contributed by atoms with van der Waals surface area (Å²) in [6.45, 7) is 3.65. The van der Waals surface area contributed by atoms with Gasteiger partial charge in [0.15, 0.2) is 5.41 Å². The summed E-state index contributed by atoms with van der Waals surface area (Å²) in [5.41, 5.74) is -0.787. The standard InChI is InChI=1S/C15H17Cl2N3O3/c1-4-9-15(5-2,14(22)23-3)13(21)20-12(18-9)8-6-10(16)19-11(17)7-8/h6-7,9H,4-5H2,1-3H3,(H,18,20,21). The lowest BCUT2D eigenvalue weighted by Crippen LogP contribution is -2.59. The van der Waals surface area contributed by atoms with Gasteiger partial charge in [-0.25, -0.2) is 4.98 Å². The summed E-state index contributed by atoms with van der Waals surface area (Å²) in [7, 11) is 1.27. The van der Waals surface area contributed by atoms with E-state index in [-0.39, 0.29) is 10.3 Å².